The average Bonchev–Trinajstić information content (AvgIpc) is 2.22. The summed E-state index contributed by atoms with van der Waals surface area (Å²) < 4.78 is 9.62. The zero-order chi connectivity index (χ0) is 11.9. The Balaban J connectivity index is 4.20. The quantitative estimate of drug-likeness (QED) is 0.602. The average molecular weight is 218 g/mol. The van der Waals surface area contributed by atoms with Crippen LogP contribution in [0.25, 0.3) is 0 Å². The van der Waals surface area contributed by atoms with E-state index >= 15 is 0 Å². The third-order valence-electron chi connectivity index (χ3n) is 2.26. The van der Waals surface area contributed by atoms with E-state index in [-0.39, 0.29) is 0 Å². The molecular weight excluding hydrogens is 196 g/mol. The van der Waals surface area contributed by atoms with Crippen LogP contribution in [0.3, 0.4) is 0 Å². The number of nitrogens with two attached hydrogens (primary N) is 1. The molecule has 2 N–H and O–H groups in total. The van der Waals surface area contributed by atoms with E-state index in [1.165, 1.54) is 7.11 Å². The summed E-state index contributed by atoms with van der Waals surface area (Å²) in [7, 11) is 2.99. The predicted octanol–water partition coefficient (Wildman–Crippen LogP) is -0.155. The molecule has 0 fully saturated rings. The molecule has 0 spiro atoms. The number of hydrogen-bond donors (Lipinski definition) is 1. The number of methoxy groups -OCH3 is 2. The van der Waals surface area contributed by atoms with Crippen LogP contribution in [0.1, 0.15) is 13.8 Å². The lowest BCUT2D eigenvalue weighted by atomic mass is 10.0. The first-order valence-corrected chi connectivity index (χ1v) is 5.06. The van der Waals surface area contributed by atoms with Crippen LogP contribution in [0.5, 0.6) is 0 Å². The third-order valence-corrected chi connectivity index (χ3v) is 2.26. The molecule has 0 rings (SSSR count). The highest BCUT2D eigenvalue weighted by atomic mass is 16.5. The number of carbonyl (C=O) groups is 1. The number of rotatable bonds is 7. The van der Waals surface area contributed by atoms with Gasteiger partial charge in [0.1, 0.15) is 5.54 Å². The monoisotopic (exact) mass is 218 g/mol. The summed E-state index contributed by atoms with van der Waals surface area (Å²) in [5.41, 5.74) is 4.90. The Hall–Kier alpha value is -0.650. The lowest BCUT2D eigenvalue weighted by Crippen LogP contribution is -2.54. The van der Waals surface area contributed by atoms with E-state index in [4.69, 9.17) is 10.5 Å². The molecule has 1 unspecified atom stereocenters. The van der Waals surface area contributed by atoms with E-state index in [9.17, 15) is 4.79 Å². The Labute approximate surface area is 91.5 Å². The summed E-state index contributed by atoms with van der Waals surface area (Å²) in [6.07, 6.45) is 0. The van der Waals surface area contributed by atoms with Crippen molar-refractivity contribution in [2.45, 2.75) is 19.4 Å². The maximum Gasteiger partial charge on any atom is 0.326 e. The van der Waals surface area contributed by atoms with Gasteiger partial charge in [-0.2, -0.15) is 0 Å². The minimum atomic E-state index is -0.960. The molecule has 15 heavy (non-hydrogen) atoms. The van der Waals surface area contributed by atoms with Gasteiger partial charge in [-0.05, 0) is 13.5 Å². The van der Waals surface area contributed by atoms with Gasteiger partial charge in [0.15, 0.2) is 0 Å². The van der Waals surface area contributed by atoms with Crippen LogP contribution in [0.2, 0.25) is 0 Å². The largest absolute Gasteiger partial charge is 0.468 e. The van der Waals surface area contributed by atoms with Crippen molar-refractivity contribution in [2.75, 3.05) is 40.5 Å². The summed E-state index contributed by atoms with van der Waals surface area (Å²) in [5, 5.41) is 0. The first kappa shape index (κ1) is 14.3. The molecule has 0 amide bonds. The van der Waals surface area contributed by atoms with Crippen LogP contribution in [0.4, 0.5) is 0 Å². The Kier molecular flexibility index (Phi) is 6.47. The van der Waals surface area contributed by atoms with Crippen LogP contribution in [0.15, 0.2) is 0 Å². The number of esters is 1. The molecule has 0 saturated carbocycles. The summed E-state index contributed by atoms with van der Waals surface area (Å²) in [6, 6.07) is 0. The lowest BCUT2D eigenvalue weighted by Gasteiger charge is -2.29. The number of carbonyl (C=O) groups excluding carboxylic acids is 1. The Bertz CT molecular complexity index is 195. The van der Waals surface area contributed by atoms with E-state index in [0.717, 1.165) is 13.1 Å². The minimum Gasteiger partial charge on any atom is -0.468 e. The molecule has 1 atom stereocenters. The van der Waals surface area contributed by atoms with Gasteiger partial charge in [-0.1, -0.05) is 6.92 Å². The standard InChI is InChI=1S/C10H22N2O3/c1-5-12(6-7-14-3)8-10(2,11)9(13)15-4/h5-8,11H2,1-4H3. The Morgan fingerprint density at radius 2 is 2.07 bits per heavy atom. The Morgan fingerprint density at radius 3 is 2.47 bits per heavy atom. The van der Waals surface area contributed by atoms with Gasteiger partial charge in [-0.25, -0.2) is 0 Å². The third kappa shape index (κ3) is 5.11. The summed E-state index contributed by atoms with van der Waals surface area (Å²) >= 11 is 0. The zero-order valence-corrected chi connectivity index (χ0v) is 10.1. The second kappa shape index (κ2) is 6.76. The molecule has 90 valence electrons. The molecule has 0 aromatic rings. The molecule has 0 bridgehead atoms. The molecule has 0 heterocycles. The topological polar surface area (TPSA) is 64.8 Å². The Morgan fingerprint density at radius 1 is 1.47 bits per heavy atom. The molecule has 0 saturated heterocycles. The highest BCUT2D eigenvalue weighted by molar-refractivity contribution is 5.80. The predicted molar refractivity (Wildman–Crippen MR) is 58.6 cm³/mol. The number of ether oxygens (including phenoxy) is 2. The maximum atomic E-state index is 11.4. The fourth-order valence-corrected chi connectivity index (χ4v) is 1.33. The molecule has 5 heteroatoms. The second-order valence-electron chi connectivity index (χ2n) is 3.77. The van der Waals surface area contributed by atoms with Crippen LogP contribution in [-0.4, -0.2) is 56.9 Å². The lowest BCUT2D eigenvalue weighted by molar-refractivity contribution is -0.147. The zero-order valence-electron chi connectivity index (χ0n) is 10.1. The van der Waals surface area contributed by atoms with Gasteiger partial charge in [0.05, 0.1) is 13.7 Å². The number of nitrogens with zero attached hydrogens (tertiary/aromatic N) is 1. The van der Waals surface area contributed by atoms with Crippen molar-refractivity contribution in [1.29, 1.82) is 0 Å². The number of likely N-dealkylation sites (N-methyl/N-ethyl adjacent to an activating group) is 1. The highest BCUT2D eigenvalue weighted by Gasteiger charge is 2.31. The summed E-state index contributed by atoms with van der Waals surface area (Å²) in [4.78, 5) is 13.4. The second-order valence-corrected chi connectivity index (χ2v) is 3.77. The molecule has 0 aliphatic carbocycles. The summed E-state index contributed by atoms with van der Waals surface area (Å²) in [6.45, 7) is 6.38. The van der Waals surface area contributed by atoms with Crippen molar-refractivity contribution < 1.29 is 14.3 Å². The van der Waals surface area contributed by atoms with Crippen molar-refractivity contribution in [3.8, 4) is 0 Å². The molecule has 0 aromatic carbocycles. The van der Waals surface area contributed by atoms with Gasteiger partial charge in [-0.15, -0.1) is 0 Å². The fraction of sp³-hybridized carbons (Fsp3) is 0.900. The molecule has 0 aliphatic heterocycles. The minimum absolute atomic E-state index is 0.390. The van der Waals surface area contributed by atoms with Gasteiger partial charge in [0.25, 0.3) is 0 Å². The first-order valence-electron chi connectivity index (χ1n) is 5.06. The van der Waals surface area contributed by atoms with Crippen LogP contribution in [-0.2, 0) is 14.3 Å². The summed E-state index contributed by atoms with van der Waals surface area (Å²) in [5.74, 6) is -0.390. The van der Waals surface area contributed by atoms with Gasteiger partial charge in [-0.3, -0.25) is 9.69 Å². The molecule has 0 aliphatic rings. The van der Waals surface area contributed by atoms with E-state index in [1.807, 2.05) is 6.92 Å². The van der Waals surface area contributed by atoms with E-state index < -0.39 is 11.5 Å². The van der Waals surface area contributed by atoms with Crippen molar-refractivity contribution in [1.82, 2.24) is 4.90 Å². The molecule has 5 nitrogen and oxygen atoms in total. The van der Waals surface area contributed by atoms with Gasteiger partial charge in [0, 0.05) is 20.2 Å². The normalized spacial score (nSPS) is 15.1. The van der Waals surface area contributed by atoms with Crippen LogP contribution in [0, 0.1) is 0 Å². The SMILES string of the molecule is CCN(CCOC)CC(C)(N)C(=O)OC. The van der Waals surface area contributed by atoms with E-state index in [1.54, 1.807) is 14.0 Å². The van der Waals surface area contributed by atoms with Crippen LogP contribution < -0.4 is 5.73 Å². The van der Waals surface area contributed by atoms with Crippen molar-refractivity contribution in [3.63, 3.8) is 0 Å². The van der Waals surface area contributed by atoms with Gasteiger partial charge in [0.2, 0.25) is 0 Å². The first-order chi connectivity index (χ1) is 6.97. The van der Waals surface area contributed by atoms with Crippen molar-refractivity contribution >= 4 is 5.97 Å². The van der Waals surface area contributed by atoms with Gasteiger partial charge < -0.3 is 15.2 Å². The van der Waals surface area contributed by atoms with E-state index in [2.05, 4.69) is 9.64 Å². The van der Waals surface area contributed by atoms with E-state index in [0.29, 0.717) is 13.2 Å². The fourth-order valence-electron chi connectivity index (χ4n) is 1.33. The van der Waals surface area contributed by atoms with Crippen LogP contribution >= 0.6 is 0 Å². The smallest absolute Gasteiger partial charge is 0.326 e. The molecule has 0 aromatic heterocycles. The maximum absolute atomic E-state index is 11.4. The highest BCUT2D eigenvalue weighted by Crippen LogP contribution is 2.05. The molecular formula is C10H22N2O3. The number of hydrogen-bond acceptors (Lipinski definition) is 5. The van der Waals surface area contributed by atoms with Crippen molar-refractivity contribution in [3.05, 3.63) is 0 Å². The van der Waals surface area contributed by atoms with Gasteiger partial charge >= 0.3 is 5.97 Å². The molecule has 0 radical (unpaired) electrons. The van der Waals surface area contributed by atoms with Crippen molar-refractivity contribution in [2.24, 2.45) is 5.73 Å².